The summed E-state index contributed by atoms with van der Waals surface area (Å²) in [6.45, 7) is 5.28. The van der Waals surface area contributed by atoms with Crippen LogP contribution >= 0.6 is 0 Å². The van der Waals surface area contributed by atoms with Crippen molar-refractivity contribution in [2.45, 2.75) is 84.0 Å². The van der Waals surface area contributed by atoms with E-state index in [0.717, 1.165) is 24.8 Å². The molecule has 1 aromatic rings. The van der Waals surface area contributed by atoms with Gasteiger partial charge < -0.3 is 31.3 Å². The number of nitrogens with one attached hydrogen (secondary N) is 3. The van der Waals surface area contributed by atoms with Gasteiger partial charge in [-0.3, -0.25) is 24.0 Å². The summed E-state index contributed by atoms with van der Waals surface area (Å²) in [5.41, 5.74) is 5.29. The van der Waals surface area contributed by atoms with Crippen molar-refractivity contribution < 1.29 is 33.5 Å². The number of amides is 5. The first-order valence-electron chi connectivity index (χ1n) is 14.0. The van der Waals surface area contributed by atoms with Crippen LogP contribution in [0.2, 0.25) is 0 Å². The first-order valence-corrected chi connectivity index (χ1v) is 14.0. The van der Waals surface area contributed by atoms with Crippen molar-refractivity contribution >= 4 is 35.5 Å². The van der Waals surface area contributed by atoms with Gasteiger partial charge in [0.05, 0.1) is 6.04 Å². The van der Waals surface area contributed by atoms with E-state index in [-0.39, 0.29) is 19.1 Å². The molecule has 0 aromatic heterocycles. The van der Waals surface area contributed by atoms with Crippen LogP contribution in [0.1, 0.15) is 64.9 Å². The molecule has 0 spiro atoms. The van der Waals surface area contributed by atoms with Crippen molar-refractivity contribution in [1.82, 2.24) is 20.9 Å². The quantitative estimate of drug-likeness (QED) is 0.215. The van der Waals surface area contributed by atoms with Crippen LogP contribution < -0.4 is 21.7 Å². The monoisotopic (exact) mass is 571 g/mol. The zero-order valence-corrected chi connectivity index (χ0v) is 23.9. The number of benzene rings is 1. The minimum atomic E-state index is -1.11. The molecule has 3 atom stereocenters. The number of rotatable bonds is 12. The highest BCUT2D eigenvalue weighted by Gasteiger charge is 2.43. The Labute approximate surface area is 240 Å². The molecule has 5 N–H and O–H groups in total. The molecule has 1 aliphatic carbocycles. The SMILES string of the molecule is CC(C)(C)C(NC(=O)NCC(=O)OCc1ccccc1)C(=O)N1CCC[C@H]1C(=O)NC(CC1CCC1)C(=O)C(N)=O. The number of hydrogen-bond acceptors (Lipinski definition) is 7. The first kappa shape index (κ1) is 31.6. The summed E-state index contributed by atoms with van der Waals surface area (Å²) in [7, 11) is 0. The van der Waals surface area contributed by atoms with E-state index in [1.165, 1.54) is 4.90 Å². The molecule has 2 fully saturated rings. The van der Waals surface area contributed by atoms with Gasteiger partial charge >= 0.3 is 12.0 Å². The van der Waals surface area contributed by atoms with Gasteiger partial charge in [-0.2, -0.15) is 0 Å². The Morgan fingerprint density at radius 2 is 1.68 bits per heavy atom. The highest BCUT2D eigenvalue weighted by atomic mass is 16.5. The van der Waals surface area contributed by atoms with Crippen molar-refractivity contribution in [1.29, 1.82) is 0 Å². The van der Waals surface area contributed by atoms with Crippen LogP contribution in [0.5, 0.6) is 0 Å². The Balaban J connectivity index is 1.59. The first-order chi connectivity index (χ1) is 19.4. The number of nitrogens with zero attached hydrogens (tertiary/aromatic N) is 1. The van der Waals surface area contributed by atoms with Crippen molar-refractivity contribution in [2.75, 3.05) is 13.1 Å². The van der Waals surface area contributed by atoms with Crippen LogP contribution in [-0.4, -0.2) is 71.6 Å². The fourth-order valence-electron chi connectivity index (χ4n) is 4.97. The van der Waals surface area contributed by atoms with Crippen LogP contribution in [0, 0.1) is 11.3 Å². The van der Waals surface area contributed by atoms with Gasteiger partial charge in [-0.25, -0.2) is 4.79 Å². The summed E-state index contributed by atoms with van der Waals surface area (Å²) >= 11 is 0. The van der Waals surface area contributed by atoms with Crippen molar-refractivity contribution in [2.24, 2.45) is 17.1 Å². The van der Waals surface area contributed by atoms with Crippen LogP contribution in [0.3, 0.4) is 0 Å². The van der Waals surface area contributed by atoms with Gasteiger partial charge in [0.15, 0.2) is 0 Å². The highest BCUT2D eigenvalue weighted by molar-refractivity contribution is 6.37. The maximum absolute atomic E-state index is 13.7. The average Bonchev–Trinajstić information content (AvgIpc) is 3.40. The third-order valence-electron chi connectivity index (χ3n) is 7.53. The standard InChI is InChI=1S/C29H41N5O7/c1-29(2,3)24(33-28(40)31-16-22(35)41-17-19-9-5-4-6-10-19)27(39)34-14-8-13-21(34)26(38)32-20(23(36)25(30)37)15-18-11-7-12-18/h4-6,9-10,18,20-21,24H,7-8,11-17H2,1-3H3,(H2,30,37)(H,32,38)(H2,31,33,40)/t20?,21-,24?/m0/s1. The molecule has 1 aliphatic heterocycles. The topological polar surface area (TPSA) is 177 Å². The Kier molecular flexibility index (Phi) is 10.8. The van der Waals surface area contributed by atoms with Crippen LogP contribution in [0.25, 0.3) is 0 Å². The molecule has 12 nitrogen and oxygen atoms in total. The van der Waals surface area contributed by atoms with Gasteiger partial charge in [0.1, 0.15) is 25.2 Å². The van der Waals surface area contributed by atoms with E-state index in [1.807, 2.05) is 30.3 Å². The molecule has 1 saturated heterocycles. The van der Waals surface area contributed by atoms with Crippen LogP contribution in [0.15, 0.2) is 30.3 Å². The number of primary amides is 1. The van der Waals surface area contributed by atoms with Crippen molar-refractivity contribution in [3.63, 3.8) is 0 Å². The highest BCUT2D eigenvalue weighted by Crippen LogP contribution is 2.31. The zero-order valence-electron chi connectivity index (χ0n) is 23.9. The number of carbonyl (C=O) groups is 6. The summed E-state index contributed by atoms with van der Waals surface area (Å²) in [5, 5.41) is 7.73. The Morgan fingerprint density at radius 1 is 1.00 bits per heavy atom. The van der Waals surface area contributed by atoms with E-state index in [9.17, 15) is 28.8 Å². The Morgan fingerprint density at radius 3 is 2.27 bits per heavy atom. The molecule has 2 unspecified atom stereocenters. The molecule has 3 rings (SSSR count). The maximum atomic E-state index is 13.7. The summed E-state index contributed by atoms with van der Waals surface area (Å²) < 4.78 is 5.16. The molecule has 5 amide bonds. The lowest BCUT2D eigenvalue weighted by Crippen LogP contribution is -2.60. The van der Waals surface area contributed by atoms with E-state index in [2.05, 4.69) is 16.0 Å². The van der Waals surface area contributed by atoms with E-state index >= 15 is 0 Å². The number of urea groups is 1. The molecule has 224 valence electrons. The van der Waals surface area contributed by atoms with Crippen molar-refractivity contribution in [3.8, 4) is 0 Å². The van der Waals surface area contributed by atoms with Gasteiger partial charge in [0.2, 0.25) is 17.6 Å². The predicted molar refractivity (Wildman–Crippen MR) is 149 cm³/mol. The predicted octanol–water partition coefficient (Wildman–Crippen LogP) is 1.16. The van der Waals surface area contributed by atoms with E-state index in [4.69, 9.17) is 10.5 Å². The lowest BCUT2D eigenvalue weighted by molar-refractivity contribution is -0.143. The molecular weight excluding hydrogens is 530 g/mol. The smallest absolute Gasteiger partial charge is 0.325 e. The van der Waals surface area contributed by atoms with Gasteiger partial charge in [-0.1, -0.05) is 70.4 Å². The fourth-order valence-corrected chi connectivity index (χ4v) is 4.97. The summed E-state index contributed by atoms with van der Waals surface area (Å²) in [6, 6.07) is 5.45. The largest absolute Gasteiger partial charge is 0.460 e. The molecule has 2 aliphatic rings. The number of ketones is 1. The maximum Gasteiger partial charge on any atom is 0.325 e. The molecule has 0 radical (unpaired) electrons. The minimum Gasteiger partial charge on any atom is -0.460 e. The van der Waals surface area contributed by atoms with E-state index < -0.39 is 65.6 Å². The second-order valence-corrected chi connectivity index (χ2v) is 11.8. The van der Waals surface area contributed by atoms with Crippen LogP contribution in [-0.2, 0) is 35.3 Å². The molecule has 0 bridgehead atoms. The summed E-state index contributed by atoms with van der Waals surface area (Å²) in [6.07, 6.45) is 4.11. The number of hydrogen-bond donors (Lipinski definition) is 4. The molecule has 1 heterocycles. The molecule has 12 heteroatoms. The molecule has 1 saturated carbocycles. The molecular formula is C29H41N5O7. The average molecular weight is 572 g/mol. The molecule has 41 heavy (non-hydrogen) atoms. The summed E-state index contributed by atoms with van der Waals surface area (Å²) in [5.74, 6) is -3.37. The number of likely N-dealkylation sites (tertiary alicyclic amines) is 1. The number of nitrogens with two attached hydrogens (primary N) is 1. The normalized spacial score (nSPS) is 18.4. The van der Waals surface area contributed by atoms with Gasteiger partial charge in [-0.05, 0) is 36.2 Å². The third-order valence-corrected chi connectivity index (χ3v) is 7.53. The van der Waals surface area contributed by atoms with Gasteiger partial charge in [0, 0.05) is 6.54 Å². The third kappa shape index (κ3) is 9.02. The van der Waals surface area contributed by atoms with Crippen molar-refractivity contribution in [3.05, 3.63) is 35.9 Å². The second-order valence-electron chi connectivity index (χ2n) is 11.8. The number of ether oxygens (including phenoxy) is 1. The molecule has 1 aromatic carbocycles. The Bertz CT molecular complexity index is 1130. The van der Waals surface area contributed by atoms with E-state index in [0.29, 0.717) is 19.3 Å². The second kappa shape index (κ2) is 14.1. The fraction of sp³-hybridized carbons (Fsp3) is 0.586. The number of esters is 1. The van der Waals surface area contributed by atoms with E-state index in [1.54, 1.807) is 20.8 Å². The Hall–Kier alpha value is -3.96. The number of Topliss-reactive ketones (excluding diaryl/α,β-unsaturated/α-hetero) is 1. The number of carbonyl (C=O) groups excluding carboxylic acids is 6. The van der Waals surface area contributed by atoms with Crippen LogP contribution in [0.4, 0.5) is 4.79 Å². The lowest BCUT2D eigenvalue weighted by Gasteiger charge is -2.36. The zero-order chi connectivity index (χ0) is 30.2. The summed E-state index contributed by atoms with van der Waals surface area (Å²) in [4.78, 5) is 77.1. The van der Waals surface area contributed by atoms with Gasteiger partial charge in [-0.15, -0.1) is 0 Å². The van der Waals surface area contributed by atoms with Gasteiger partial charge in [0.25, 0.3) is 5.91 Å². The minimum absolute atomic E-state index is 0.0665. The lowest BCUT2D eigenvalue weighted by atomic mass is 9.80.